The van der Waals surface area contributed by atoms with E-state index in [1.165, 1.54) is 6.26 Å². The lowest BCUT2D eigenvalue weighted by molar-refractivity contribution is 0.353. The van der Waals surface area contributed by atoms with E-state index in [0.717, 1.165) is 23.3 Å². The maximum atomic E-state index is 11.6. The molecular formula is C12H14BrClO3S. The van der Waals surface area contributed by atoms with Crippen LogP contribution >= 0.6 is 27.5 Å². The summed E-state index contributed by atoms with van der Waals surface area (Å²) in [7, 11) is -3.13. The molecule has 0 N–H and O–H groups in total. The lowest BCUT2D eigenvalue weighted by Gasteiger charge is -2.19. The lowest BCUT2D eigenvalue weighted by atomic mass is 10.0. The van der Waals surface area contributed by atoms with Gasteiger partial charge in [0, 0.05) is 23.3 Å². The topological polar surface area (TPSA) is 43.4 Å². The minimum absolute atomic E-state index is 0.321. The highest BCUT2D eigenvalue weighted by molar-refractivity contribution is 9.09. The van der Waals surface area contributed by atoms with Crippen molar-refractivity contribution in [3.05, 3.63) is 28.3 Å². The summed E-state index contributed by atoms with van der Waals surface area (Å²) in [6.45, 7) is 2.30. The molecule has 100 valence electrons. The van der Waals surface area contributed by atoms with Crippen molar-refractivity contribution in [1.29, 1.82) is 0 Å². The minimum Gasteiger partial charge on any atom is -0.493 e. The van der Waals surface area contributed by atoms with Crippen LogP contribution in [0.4, 0.5) is 0 Å². The van der Waals surface area contributed by atoms with E-state index in [0.29, 0.717) is 11.6 Å². The molecule has 0 fully saturated rings. The number of halogens is 2. The van der Waals surface area contributed by atoms with Gasteiger partial charge < -0.3 is 4.74 Å². The van der Waals surface area contributed by atoms with Gasteiger partial charge in [0.25, 0.3) is 0 Å². The molecule has 0 aliphatic carbocycles. The summed E-state index contributed by atoms with van der Waals surface area (Å²) >= 11 is 9.52. The molecule has 1 aliphatic rings. The van der Waals surface area contributed by atoms with E-state index in [4.69, 9.17) is 16.3 Å². The van der Waals surface area contributed by atoms with Gasteiger partial charge in [0.05, 0.1) is 16.7 Å². The van der Waals surface area contributed by atoms with Crippen LogP contribution in [0, 0.1) is 0 Å². The third-order valence-electron chi connectivity index (χ3n) is 3.16. The van der Waals surface area contributed by atoms with Gasteiger partial charge in [-0.15, -0.1) is 0 Å². The quantitative estimate of drug-likeness (QED) is 0.784. The van der Waals surface area contributed by atoms with E-state index in [1.54, 1.807) is 13.0 Å². The fraction of sp³-hybridized carbons (Fsp3) is 0.500. The first kappa shape index (κ1) is 14.2. The van der Waals surface area contributed by atoms with Crippen molar-refractivity contribution in [1.82, 2.24) is 0 Å². The molecule has 0 amide bonds. The Labute approximate surface area is 121 Å². The zero-order valence-electron chi connectivity index (χ0n) is 10.1. The first-order chi connectivity index (χ1) is 8.30. The van der Waals surface area contributed by atoms with Crippen molar-refractivity contribution >= 4 is 37.4 Å². The highest BCUT2D eigenvalue weighted by Crippen LogP contribution is 2.42. The zero-order valence-corrected chi connectivity index (χ0v) is 13.3. The summed E-state index contributed by atoms with van der Waals surface area (Å²) in [5.41, 5.74) is 1.86. The Balaban J connectivity index is 2.46. The Morgan fingerprint density at radius 1 is 1.44 bits per heavy atom. The fourth-order valence-corrected chi connectivity index (χ4v) is 4.32. The van der Waals surface area contributed by atoms with Crippen molar-refractivity contribution in [3.8, 4) is 5.75 Å². The number of fused-ring (bicyclic) bond motifs is 1. The molecule has 18 heavy (non-hydrogen) atoms. The maximum absolute atomic E-state index is 11.6. The molecule has 1 heterocycles. The monoisotopic (exact) mass is 352 g/mol. The molecular weight excluding hydrogens is 340 g/mol. The first-order valence-corrected chi connectivity index (χ1v) is 8.83. The largest absolute Gasteiger partial charge is 0.493 e. The zero-order chi connectivity index (χ0) is 13.5. The van der Waals surface area contributed by atoms with Gasteiger partial charge in [0.1, 0.15) is 5.75 Å². The average molecular weight is 354 g/mol. The molecule has 2 rings (SSSR count). The van der Waals surface area contributed by atoms with Crippen LogP contribution in [0.25, 0.3) is 0 Å². The van der Waals surface area contributed by atoms with Crippen LogP contribution in [-0.2, 0) is 16.3 Å². The van der Waals surface area contributed by atoms with E-state index in [9.17, 15) is 8.42 Å². The van der Waals surface area contributed by atoms with E-state index < -0.39 is 15.1 Å². The second kappa shape index (κ2) is 5.02. The predicted octanol–water partition coefficient (Wildman–Crippen LogP) is 3.14. The Hall–Kier alpha value is -0.260. The summed E-state index contributed by atoms with van der Waals surface area (Å²) < 4.78 is 28.8. The van der Waals surface area contributed by atoms with E-state index >= 15 is 0 Å². The second-order valence-electron chi connectivity index (χ2n) is 4.52. The summed E-state index contributed by atoms with van der Waals surface area (Å²) in [5.74, 6) is 0.775. The number of rotatable bonds is 3. The van der Waals surface area contributed by atoms with Crippen LogP contribution in [0.5, 0.6) is 5.75 Å². The minimum atomic E-state index is -3.13. The molecule has 2 unspecified atom stereocenters. The van der Waals surface area contributed by atoms with Crippen LogP contribution in [0.15, 0.2) is 12.1 Å². The Kier molecular flexibility index (Phi) is 3.95. The number of sulfone groups is 1. The Morgan fingerprint density at radius 2 is 2.11 bits per heavy atom. The molecule has 1 aromatic carbocycles. The standard InChI is InChI=1S/C12H14BrClO3S/c1-7(18(2,15)16)11(13)10-6-9(14)5-8-3-4-17-12(8)10/h5-7,11H,3-4H2,1-2H3. The average Bonchev–Trinajstić information content (AvgIpc) is 2.72. The van der Waals surface area contributed by atoms with Crippen LogP contribution in [-0.4, -0.2) is 26.5 Å². The van der Waals surface area contributed by atoms with Crippen molar-refractivity contribution in [2.24, 2.45) is 0 Å². The number of benzene rings is 1. The second-order valence-corrected chi connectivity index (χ2v) is 8.34. The lowest BCUT2D eigenvalue weighted by Crippen LogP contribution is -2.21. The highest BCUT2D eigenvalue weighted by atomic mass is 79.9. The molecule has 3 nitrogen and oxygen atoms in total. The molecule has 0 saturated heterocycles. The molecule has 0 spiro atoms. The fourth-order valence-electron chi connectivity index (χ4n) is 1.97. The van der Waals surface area contributed by atoms with Crippen LogP contribution in [0.1, 0.15) is 22.9 Å². The summed E-state index contributed by atoms with van der Waals surface area (Å²) in [6, 6.07) is 3.64. The SMILES string of the molecule is CC(C(Br)c1cc(Cl)cc2c1OCC2)S(C)(=O)=O. The van der Waals surface area contributed by atoms with Gasteiger partial charge in [-0.05, 0) is 24.6 Å². The molecule has 0 bridgehead atoms. The number of alkyl halides is 1. The normalized spacial score (nSPS) is 18.0. The summed E-state index contributed by atoms with van der Waals surface area (Å²) in [4.78, 5) is -0.321. The predicted molar refractivity (Wildman–Crippen MR) is 76.6 cm³/mol. The number of ether oxygens (including phenoxy) is 1. The van der Waals surface area contributed by atoms with Crippen molar-refractivity contribution in [2.75, 3.05) is 12.9 Å². The van der Waals surface area contributed by atoms with E-state index in [2.05, 4.69) is 15.9 Å². The molecule has 6 heteroatoms. The van der Waals surface area contributed by atoms with Crippen molar-refractivity contribution in [2.45, 2.75) is 23.4 Å². The molecule has 0 aromatic heterocycles. The summed E-state index contributed by atoms with van der Waals surface area (Å²) in [6.07, 6.45) is 2.05. The van der Waals surface area contributed by atoms with Crippen molar-refractivity contribution < 1.29 is 13.2 Å². The van der Waals surface area contributed by atoms with Crippen LogP contribution < -0.4 is 4.74 Å². The smallest absolute Gasteiger partial charge is 0.151 e. The van der Waals surface area contributed by atoms with Gasteiger partial charge in [0.15, 0.2) is 9.84 Å². The first-order valence-electron chi connectivity index (χ1n) is 5.58. The van der Waals surface area contributed by atoms with Gasteiger partial charge in [-0.3, -0.25) is 0 Å². The maximum Gasteiger partial charge on any atom is 0.151 e. The number of hydrogen-bond donors (Lipinski definition) is 0. The molecule has 1 aromatic rings. The Bertz CT molecular complexity index is 571. The third kappa shape index (κ3) is 2.68. The van der Waals surface area contributed by atoms with Gasteiger partial charge >= 0.3 is 0 Å². The number of hydrogen-bond acceptors (Lipinski definition) is 3. The van der Waals surface area contributed by atoms with Crippen LogP contribution in [0.2, 0.25) is 5.02 Å². The van der Waals surface area contributed by atoms with Gasteiger partial charge in [-0.1, -0.05) is 27.5 Å². The Morgan fingerprint density at radius 3 is 2.72 bits per heavy atom. The third-order valence-corrected chi connectivity index (χ3v) is 6.64. The van der Waals surface area contributed by atoms with Gasteiger partial charge in [-0.25, -0.2) is 8.42 Å². The highest BCUT2D eigenvalue weighted by Gasteiger charge is 2.30. The molecule has 2 atom stereocenters. The molecule has 0 radical (unpaired) electrons. The van der Waals surface area contributed by atoms with Crippen LogP contribution in [0.3, 0.4) is 0 Å². The van der Waals surface area contributed by atoms with E-state index in [-0.39, 0.29) is 4.83 Å². The summed E-state index contributed by atoms with van der Waals surface area (Å²) in [5, 5.41) is 0.0728. The van der Waals surface area contributed by atoms with E-state index in [1.807, 2.05) is 6.07 Å². The molecule has 1 aliphatic heterocycles. The van der Waals surface area contributed by atoms with Gasteiger partial charge in [0.2, 0.25) is 0 Å². The van der Waals surface area contributed by atoms with Crippen molar-refractivity contribution in [3.63, 3.8) is 0 Å². The van der Waals surface area contributed by atoms with Gasteiger partial charge in [-0.2, -0.15) is 0 Å². The molecule has 0 saturated carbocycles.